The zero-order valence-corrected chi connectivity index (χ0v) is 10.6. The molecule has 2 heterocycles. The predicted octanol–water partition coefficient (Wildman–Crippen LogP) is -0.508. The maximum Gasteiger partial charge on any atom is 0.356 e. The average molecular weight is 283 g/mol. The van der Waals surface area contributed by atoms with E-state index in [0.717, 1.165) is 4.57 Å². The van der Waals surface area contributed by atoms with E-state index in [0.29, 0.717) is 0 Å². The van der Waals surface area contributed by atoms with Crippen LogP contribution in [0.4, 0.5) is 5.82 Å². The fourth-order valence-electron chi connectivity index (χ4n) is 1.36. The van der Waals surface area contributed by atoms with Crippen LogP contribution in [0.25, 0.3) is 5.88 Å². The van der Waals surface area contributed by atoms with Crippen LogP contribution in [-0.4, -0.2) is 35.2 Å². The van der Waals surface area contributed by atoms with Crippen LogP contribution >= 0.6 is 0 Å². The molecular formula is C11H13N3O6. The van der Waals surface area contributed by atoms with Crippen molar-refractivity contribution in [3.63, 3.8) is 0 Å². The summed E-state index contributed by atoms with van der Waals surface area (Å²) in [7, 11) is 0. The lowest BCUT2D eigenvalue weighted by Gasteiger charge is -2.12. The molecular weight excluding hydrogens is 270 g/mol. The van der Waals surface area contributed by atoms with Gasteiger partial charge in [0.15, 0.2) is 6.79 Å². The van der Waals surface area contributed by atoms with Crippen molar-refractivity contribution in [2.24, 2.45) is 0 Å². The summed E-state index contributed by atoms with van der Waals surface area (Å²) in [6, 6.07) is 1.45. The minimum Gasteiger partial charge on any atom is -0.454 e. The standard InChI is InChI=1S/C11H13N3O6/c1-7(15)19-6-17-5-10-18-4-9(20-10)14-3-2-8(12)13-11(14)16/h2-4,10H,5-6H2,1H3,(H2,12,13,16). The Morgan fingerprint density at radius 1 is 1.60 bits per heavy atom. The highest BCUT2D eigenvalue weighted by atomic mass is 16.7. The summed E-state index contributed by atoms with van der Waals surface area (Å²) in [5.74, 6) is -0.160. The third kappa shape index (κ3) is 3.48. The molecule has 1 aromatic heterocycles. The van der Waals surface area contributed by atoms with Gasteiger partial charge in [-0.1, -0.05) is 0 Å². The van der Waals surface area contributed by atoms with Gasteiger partial charge in [-0.2, -0.15) is 4.98 Å². The van der Waals surface area contributed by atoms with Crippen LogP contribution in [0.3, 0.4) is 0 Å². The molecule has 1 aliphatic heterocycles. The van der Waals surface area contributed by atoms with E-state index < -0.39 is 17.9 Å². The van der Waals surface area contributed by atoms with Crippen molar-refractivity contribution in [1.82, 2.24) is 9.55 Å². The lowest BCUT2D eigenvalue weighted by molar-refractivity contribution is -0.162. The van der Waals surface area contributed by atoms with E-state index in [1.807, 2.05) is 0 Å². The maximum absolute atomic E-state index is 11.6. The van der Waals surface area contributed by atoms with Crippen molar-refractivity contribution in [3.8, 4) is 0 Å². The zero-order valence-electron chi connectivity index (χ0n) is 10.6. The first kappa shape index (κ1) is 13.9. The maximum atomic E-state index is 11.6. The fourth-order valence-corrected chi connectivity index (χ4v) is 1.36. The third-order valence-corrected chi connectivity index (χ3v) is 2.23. The molecule has 9 nitrogen and oxygen atoms in total. The van der Waals surface area contributed by atoms with Crippen LogP contribution in [0.2, 0.25) is 0 Å². The first-order valence-corrected chi connectivity index (χ1v) is 5.65. The van der Waals surface area contributed by atoms with Crippen molar-refractivity contribution in [1.29, 1.82) is 0 Å². The van der Waals surface area contributed by atoms with Gasteiger partial charge in [0.2, 0.25) is 5.88 Å². The fraction of sp³-hybridized carbons (Fsp3) is 0.364. The number of nitrogens with zero attached hydrogens (tertiary/aromatic N) is 2. The molecule has 1 atom stereocenters. The molecule has 2 rings (SSSR count). The second-order valence-electron chi connectivity index (χ2n) is 3.77. The van der Waals surface area contributed by atoms with Crippen molar-refractivity contribution in [3.05, 3.63) is 29.0 Å². The van der Waals surface area contributed by atoms with E-state index in [9.17, 15) is 9.59 Å². The zero-order chi connectivity index (χ0) is 14.5. The monoisotopic (exact) mass is 283 g/mol. The summed E-state index contributed by atoms with van der Waals surface area (Å²) >= 11 is 0. The topological polar surface area (TPSA) is 115 Å². The van der Waals surface area contributed by atoms with Crippen molar-refractivity contribution in [2.45, 2.75) is 13.2 Å². The summed E-state index contributed by atoms with van der Waals surface area (Å²) in [4.78, 5) is 25.6. The van der Waals surface area contributed by atoms with Crippen LogP contribution in [0.5, 0.6) is 0 Å². The molecule has 0 amide bonds. The Hall–Kier alpha value is -2.55. The second kappa shape index (κ2) is 6.06. The minimum absolute atomic E-state index is 0.0322. The molecule has 9 heteroatoms. The van der Waals surface area contributed by atoms with Crippen LogP contribution < -0.4 is 11.4 Å². The number of aromatic nitrogens is 2. The Labute approximate surface area is 113 Å². The first-order chi connectivity index (χ1) is 9.56. The summed E-state index contributed by atoms with van der Waals surface area (Å²) in [6.45, 7) is 1.10. The molecule has 0 fully saturated rings. The minimum atomic E-state index is -0.731. The molecule has 108 valence electrons. The molecule has 1 aromatic rings. The molecule has 0 radical (unpaired) electrons. The normalized spacial score (nSPS) is 17.1. The third-order valence-electron chi connectivity index (χ3n) is 2.23. The van der Waals surface area contributed by atoms with Gasteiger partial charge >= 0.3 is 11.7 Å². The summed E-state index contributed by atoms with van der Waals surface area (Å²) in [5.41, 5.74) is 4.80. The summed E-state index contributed by atoms with van der Waals surface area (Å²) < 4.78 is 21.2. The van der Waals surface area contributed by atoms with Gasteiger partial charge in [0.05, 0.1) is 0 Å². The molecule has 1 unspecified atom stereocenters. The number of hydrogen-bond acceptors (Lipinski definition) is 8. The van der Waals surface area contributed by atoms with Gasteiger partial charge in [-0.15, -0.1) is 0 Å². The van der Waals surface area contributed by atoms with E-state index in [2.05, 4.69) is 9.72 Å². The van der Waals surface area contributed by atoms with Crippen molar-refractivity contribution in [2.75, 3.05) is 19.1 Å². The van der Waals surface area contributed by atoms with Gasteiger partial charge < -0.3 is 24.7 Å². The van der Waals surface area contributed by atoms with Gasteiger partial charge in [-0.05, 0) is 6.07 Å². The number of carbonyl (C=O) groups excluding carboxylic acids is 1. The number of rotatable bonds is 5. The van der Waals surface area contributed by atoms with Gasteiger partial charge in [0.1, 0.15) is 18.7 Å². The molecule has 2 N–H and O–H groups in total. The van der Waals surface area contributed by atoms with Crippen LogP contribution in [0, 0.1) is 0 Å². The number of hydrogen-bond donors (Lipinski definition) is 1. The molecule has 0 saturated carbocycles. The average Bonchev–Trinajstić information content (AvgIpc) is 2.83. The lowest BCUT2D eigenvalue weighted by atomic mass is 10.6. The highest BCUT2D eigenvalue weighted by Gasteiger charge is 2.22. The Balaban J connectivity index is 1.85. The molecule has 0 saturated heterocycles. The largest absolute Gasteiger partial charge is 0.454 e. The van der Waals surface area contributed by atoms with Crippen LogP contribution in [-0.2, 0) is 23.7 Å². The number of nitrogen functional groups attached to an aromatic ring is 1. The number of ether oxygens (including phenoxy) is 4. The quantitative estimate of drug-likeness (QED) is 0.436. The Bertz CT molecular complexity index is 582. The molecule has 0 spiro atoms. The number of esters is 1. The summed E-state index contributed by atoms with van der Waals surface area (Å²) in [5, 5.41) is 0. The molecule has 0 aliphatic carbocycles. The Morgan fingerprint density at radius 2 is 2.40 bits per heavy atom. The molecule has 1 aliphatic rings. The van der Waals surface area contributed by atoms with Gasteiger partial charge in [0.25, 0.3) is 6.29 Å². The van der Waals surface area contributed by atoms with E-state index in [1.54, 1.807) is 0 Å². The van der Waals surface area contributed by atoms with Gasteiger partial charge in [0, 0.05) is 13.1 Å². The van der Waals surface area contributed by atoms with Crippen LogP contribution in [0.1, 0.15) is 6.92 Å². The molecule has 20 heavy (non-hydrogen) atoms. The van der Waals surface area contributed by atoms with Crippen LogP contribution in [0.15, 0.2) is 23.3 Å². The smallest absolute Gasteiger partial charge is 0.356 e. The highest BCUT2D eigenvalue weighted by molar-refractivity contribution is 5.65. The number of nitrogens with two attached hydrogens (primary N) is 1. The molecule has 0 aromatic carbocycles. The van der Waals surface area contributed by atoms with E-state index in [-0.39, 0.29) is 25.1 Å². The van der Waals surface area contributed by atoms with Gasteiger partial charge in [-0.25, -0.2) is 9.36 Å². The molecule has 0 bridgehead atoms. The van der Waals surface area contributed by atoms with E-state index in [1.165, 1.54) is 25.4 Å². The Morgan fingerprint density at radius 3 is 3.10 bits per heavy atom. The Kier molecular flexibility index (Phi) is 4.20. The lowest BCUT2D eigenvalue weighted by Crippen LogP contribution is -2.24. The van der Waals surface area contributed by atoms with Crippen molar-refractivity contribution < 1.29 is 23.7 Å². The first-order valence-electron chi connectivity index (χ1n) is 5.65. The predicted molar refractivity (Wildman–Crippen MR) is 65.7 cm³/mol. The second-order valence-corrected chi connectivity index (χ2v) is 3.77. The van der Waals surface area contributed by atoms with E-state index >= 15 is 0 Å². The number of carbonyl (C=O) groups is 1. The van der Waals surface area contributed by atoms with Crippen molar-refractivity contribution >= 4 is 17.7 Å². The highest BCUT2D eigenvalue weighted by Crippen LogP contribution is 2.17. The SMILES string of the molecule is CC(=O)OCOCC1OC=C(n2ccc(N)nc2=O)O1. The van der Waals surface area contributed by atoms with Gasteiger partial charge in [-0.3, -0.25) is 4.79 Å². The number of anilines is 1. The van der Waals surface area contributed by atoms with E-state index in [4.69, 9.17) is 19.9 Å². The summed E-state index contributed by atoms with van der Waals surface area (Å²) in [6.07, 6.45) is 1.95.